The summed E-state index contributed by atoms with van der Waals surface area (Å²) in [5, 5.41) is 18.6. The zero-order valence-electron chi connectivity index (χ0n) is 19.4. The molecular weight excluding hydrogens is 450 g/mol. The number of aromatic nitrogens is 2. The van der Waals surface area contributed by atoms with Gasteiger partial charge in [0.1, 0.15) is 18.1 Å². The number of ether oxygens (including phenoxy) is 1. The van der Waals surface area contributed by atoms with Crippen molar-refractivity contribution in [3.05, 3.63) is 22.2 Å². The van der Waals surface area contributed by atoms with Gasteiger partial charge in [-0.25, -0.2) is 17.9 Å². The van der Waals surface area contributed by atoms with Crippen molar-refractivity contribution in [2.75, 3.05) is 38.5 Å². The molecule has 5 N–H and O–H groups in total. The molecule has 3 rings (SSSR count). The molecule has 11 nitrogen and oxygen atoms in total. The molecule has 0 amide bonds. The van der Waals surface area contributed by atoms with Gasteiger partial charge < -0.3 is 25.6 Å². The molecule has 1 aliphatic heterocycles. The van der Waals surface area contributed by atoms with Crippen molar-refractivity contribution in [1.29, 1.82) is 0 Å². The van der Waals surface area contributed by atoms with Gasteiger partial charge in [-0.2, -0.15) is 4.98 Å². The van der Waals surface area contributed by atoms with Gasteiger partial charge in [0.2, 0.25) is 10.0 Å². The lowest BCUT2D eigenvalue weighted by atomic mass is 10.2. The highest BCUT2D eigenvalue weighted by molar-refractivity contribution is 7.90. The minimum Gasteiger partial charge on any atom is -0.394 e. The van der Waals surface area contributed by atoms with E-state index in [4.69, 9.17) is 15.6 Å². The second-order valence-electron chi connectivity index (χ2n) is 7.83. The van der Waals surface area contributed by atoms with Crippen LogP contribution >= 0.6 is 0 Å². The van der Waals surface area contributed by atoms with E-state index in [0.717, 1.165) is 4.57 Å². The summed E-state index contributed by atoms with van der Waals surface area (Å²) in [6.45, 7) is 9.67. The van der Waals surface area contributed by atoms with Gasteiger partial charge in [0, 0.05) is 12.6 Å². The Morgan fingerprint density at radius 1 is 1.30 bits per heavy atom. The van der Waals surface area contributed by atoms with Gasteiger partial charge in [0.15, 0.2) is 0 Å². The van der Waals surface area contributed by atoms with Crippen LogP contribution in [0, 0.1) is 11.8 Å². The Labute approximate surface area is 195 Å². The first-order chi connectivity index (χ1) is 15.7. The zero-order chi connectivity index (χ0) is 24.6. The predicted octanol–water partition coefficient (Wildman–Crippen LogP) is -0.752. The van der Waals surface area contributed by atoms with Crippen molar-refractivity contribution in [2.45, 2.75) is 63.7 Å². The predicted molar refractivity (Wildman–Crippen MR) is 125 cm³/mol. The Hall–Kier alpha value is -2.01. The molecule has 0 bridgehead atoms. The van der Waals surface area contributed by atoms with Crippen molar-refractivity contribution >= 4 is 15.8 Å². The number of hydrogen-bond acceptors (Lipinski definition) is 9. The minimum atomic E-state index is -3.32. The topological polar surface area (TPSA) is 160 Å². The van der Waals surface area contributed by atoms with E-state index in [9.17, 15) is 18.3 Å². The van der Waals surface area contributed by atoms with Gasteiger partial charge in [0.25, 0.3) is 0 Å². The highest BCUT2D eigenvalue weighted by atomic mass is 32.2. The number of aliphatic hydroxyl groups is 2. The zero-order valence-corrected chi connectivity index (χ0v) is 20.2. The first-order valence-corrected chi connectivity index (χ1v) is 12.7. The number of nitrogen functional groups attached to an aromatic ring is 1. The normalized spacial score (nSPS) is 22.4. The molecule has 3 atom stereocenters. The number of aliphatic hydroxyl groups excluding tert-OH is 2. The molecule has 33 heavy (non-hydrogen) atoms. The van der Waals surface area contributed by atoms with Crippen LogP contribution in [0.15, 0.2) is 11.0 Å². The molecule has 2 heterocycles. The van der Waals surface area contributed by atoms with Crippen LogP contribution < -0.4 is 16.1 Å². The molecule has 186 valence electrons. The maximum atomic E-state index is 12.0. The summed E-state index contributed by atoms with van der Waals surface area (Å²) in [5.41, 5.74) is 5.27. The van der Waals surface area contributed by atoms with Gasteiger partial charge in [0.05, 0.1) is 30.1 Å². The van der Waals surface area contributed by atoms with Crippen molar-refractivity contribution in [3.63, 3.8) is 0 Å². The Balaban J connectivity index is 0.000000479. The molecule has 0 aromatic carbocycles. The maximum Gasteiger partial charge on any atom is 0.351 e. The highest BCUT2D eigenvalue weighted by Crippen LogP contribution is 2.28. The molecule has 1 saturated carbocycles. The number of nitrogens with two attached hydrogens (primary N) is 1. The van der Waals surface area contributed by atoms with Crippen molar-refractivity contribution < 1.29 is 23.4 Å². The van der Waals surface area contributed by atoms with Crippen LogP contribution in [-0.4, -0.2) is 83.3 Å². The number of anilines is 1. The molecule has 1 aromatic heterocycles. The fraction of sp³-hybridized carbons (Fsp3) is 0.714. The van der Waals surface area contributed by atoms with E-state index in [1.807, 2.05) is 0 Å². The van der Waals surface area contributed by atoms with Crippen LogP contribution in [0.4, 0.5) is 5.82 Å². The summed E-state index contributed by atoms with van der Waals surface area (Å²) in [7, 11) is -3.32. The van der Waals surface area contributed by atoms with Crippen molar-refractivity contribution in [3.8, 4) is 11.8 Å². The van der Waals surface area contributed by atoms with Gasteiger partial charge in [-0.15, -0.1) is 0 Å². The molecule has 0 radical (unpaired) electrons. The monoisotopic (exact) mass is 485 g/mol. The SMILES string of the molecule is CCN(CC)CC.Nc1nc(=O)n([C@H]2C[C@H](O)[C@@H](CO)O2)cc1C#CCNS(=O)(=O)C1CC1. The third-order valence-corrected chi connectivity index (χ3v) is 7.46. The van der Waals surface area contributed by atoms with E-state index in [1.165, 1.54) is 25.8 Å². The van der Waals surface area contributed by atoms with E-state index >= 15 is 0 Å². The summed E-state index contributed by atoms with van der Waals surface area (Å²) in [5.74, 6) is 5.24. The third kappa shape index (κ3) is 7.77. The standard InChI is InChI=1S/C15H20N4O6S.C6H15N/c16-14-9(2-1-5-17-26(23,24)10-3-4-10)7-19(15(22)18-14)13-6-11(21)12(8-20)25-13;1-4-7(5-2)6-3/h7,10-13,17,20-21H,3-6,8H2,(H2,16,18,22);4-6H2,1-3H3/t11-,12+,13+;/m0./s1. The Morgan fingerprint density at radius 2 is 1.94 bits per heavy atom. The fourth-order valence-corrected chi connectivity index (χ4v) is 4.54. The molecule has 1 aromatic rings. The lowest BCUT2D eigenvalue weighted by Crippen LogP contribution is -2.29. The number of sulfonamides is 1. The van der Waals surface area contributed by atoms with Gasteiger partial charge in [-0.3, -0.25) is 4.57 Å². The largest absolute Gasteiger partial charge is 0.394 e. The quantitative estimate of drug-likeness (QED) is 0.347. The number of nitrogens with zero attached hydrogens (tertiary/aromatic N) is 3. The van der Waals surface area contributed by atoms with Crippen molar-refractivity contribution in [2.24, 2.45) is 0 Å². The summed E-state index contributed by atoms with van der Waals surface area (Å²) in [4.78, 5) is 18.1. The summed E-state index contributed by atoms with van der Waals surface area (Å²) >= 11 is 0. The second-order valence-corrected chi connectivity index (χ2v) is 9.88. The van der Waals surface area contributed by atoms with Gasteiger partial charge >= 0.3 is 5.69 Å². The van der Waals surface area contributed by atoms with Crippen LogP contribution in [-0.2, 0) is 14.8 Å². The van der Waals surface area contributed by atoms with E-state index in [2.05, 4.69) is 47.2 Å². The van der Waals surface area contributed by atoms with Crippen molar-refractivity contribution in [1.82, 2.24) is 19.2 Å². The maximum absolute atomic E-state index is 12.0. The first-order valence-electron chi connectivity index (χ1n) is 11.2. The van der Waals surface area contributed by atoms with Crippen LogP contribution in [0.25, 0.3) is 0 Å². The lowest BCUT2D eigenvalue weighted by Gasteiger charge is -2.15. The molecule has 2 aliphatic rings. The number of hydrogen-bond donors (Lipinski definition) is 4. The first kappa shape index (κ1) is 27.2. The molecular formula is C21H35N5O6S. The van der Waals surface area contributed by atoms with E-state index < -0.39 is 34.1 Å². The molecule has 2 fully saturated rings. The number of nitrogens with one attached hydrogen (secondary N) is 1. The molecule has 1 saturated heterocycles. The summed E-state index contributed by atoms with van der Waals surface area (Å²) in [6.07, 6.45) is 0.308. The summed E-state index contributed by atoms with van der Waals surface area (Å²) < 4.78 is 32.4. The fourth-order valence-electron chi connectivity index (χ4n) is 3.28. The average molecular weight is 486 g/mol. The number of rotatable bonds is 8. The van der Waals surface area contributed by atoms with Crippen LogP contribution in [0.2, 0.25) is 0 Å². The van der Waals surface area contributed by atoms with Crippen LogP contribution in [0.3, 0.4) is 0 Å². The Bertz CT molecular complexity index is 989. The van der Waals surface area contributed by atoms with Gasteiger partial charge in [-0.05, 0) is 32.5 Å². The molecule has 0 unspecified atom stereocenters. The van der Waals surface area contributed by atoms with Gasteiger partial charge in [-0.1, -0.05) is 32.6 Å². The lowest BCUT2D eigenvalue weighted by molar-refractivity contribution is -0.0458. The van der Waals surface area contributed by atoms with Crippen LogP contribution in [0.1, 0.15) is 51.8 Å². The average Bonchev–Trinajstić information content (AvgIpc) is 3.58. The van der Waals surface area contributed by atoms with E-state index in [0.29, 0.717) is 12.8 Å². The molecule has 0 spiro atoms. The second kappa shape index (κ2) is 12.5. The van der Waals surface area contributed by atoms with E-state index in [1.54, 1.807) is 0 Å². The molecule has 12 heteroatoms. The molecule has 1 aliphatic carbocycles. The Kier molecular flexibility index (Phi) is 10.3. The van der Waals surface area contributed by atoms with E-state index in [-0.39, 0.29) is 36.2 Å². The highest BCUT2D eigenvalue weighted by Gasteiger charge is 2.36. The minimum absolute atomic E-state index is 0.0807. The summed E-state index contributed by atoms with van der Waals surface area (Å²) in [6, 6.07) is 0. The van der Waals surface area contributed by atoms with Crippen LogP contribution in [0.5, 0.6) is 0 Å². The third-order valence-electron chi connectivity index (χ3n) is 5.57. The Morgan fingerprint density at radius 3 is 2.42 bits per heavy atom. The smallest absolute Gasteiger partial charge is 0.351 e.